The molecule has 7 nitrogen and oxygen atoms in total. The number of urea groups is 1. The van der Waals surface area contributed by atoms with E-state index in [0.717, 1.165) is 4.47 Å². The molecule has 23 heavy (non-hydrogen) atoms. The van der Waals surface area contributed by atoms with Gasteiger partial charge in [-0.1, -0.05) is 36.2 Å². The van der Waals surface area contributed by atoms with E-state index < -0.39 is 30.5 Å². The minimum Gasteiger partial charge on any atom is -0.480 e. The molecule has 0 saturated carbocycles. The van der Waals surface area contributed by atoms with Crippen LogP contribution in [0.15, 0.2) is 28.7 Å². The Morgan fingerprint density at radius 3 is 2.35 bits per heavy atom. The van der Waals surface area contributed by atoms with E-state index in [-0.39, 0.29) is 5.92 Å². The molecule has 0 aliphatic rings. The summed E-state index contributed by atoms with van der Waals surface area (Å²) in [5.41, 5.74) is 0.583. The summed E-state index contributed by atoms with van der Waals surface area (Å²) in [5.74, 6) is -1.80. The molecule has 1 aromatic rings. The summed E-state index contributed by atoms with van der Waals surface area (Å²) in [6.07, 6.45) is 0.656. The predicted molar refractivity (Wildman–Crippen MR) is 90.2 cm³/mol. The molecular weight excluding hydrogens is 366 g/mol. The fourth-order valence-electron chi connectivity index (χ4n) is 1.82. The van der Waals surface area contributed by atoms with Gasteiger partial charge >= 0.3 is 12.0 Å². The molecule has 126 valence electrons. The molecule has 4 N–H and O–H groups in total. The lowest BCUT2D eigenvalue weighted by molar-refractivity contribution is -0.138. The van der Waals surface area contributed by atoms with E-state index in [4.69, 9.17) is 5.11 Å². The van der Waals surface area contributed by atoms with Crippen LogP contribution in [0.2, 0.25) is 0 Å². The number of hydrogen-bond donors (Lipinski definition) is 4. The first-order valence-electron chi connectivity index (χ1n) is 7.16. The second-order valence-corrected chi connectivity index (χ2v) is 6.00. The van der Waals surface area contributed by atoms with Crippen LogP contribution in [-0.4, -0.2) is 35.6 Å². The van der Waals surface area contributed by atoms with Crippen molar-refractivity contribution in [2.75, 3.05) is 11.9 Å². The van der Waals surface area contributed by atoms with Crippen molar-refractivity contribution in [3.8, 4) is 0 Å². The van der Waals surface area contributed by atoms with E-state index in [1.807, 2.05) is 13.8 Å². The van der Waals surface area contributed by atoms with Crippen molar-refractivity contribution in [3.05, 3.63) is 28.7 Å². The number of benzene rings is 1. The molecule has 0 fully saturated rings. The maximum Gasteiger partial charge on any atom is 0.322 e. The first-order valence-corrected chi connectivity index (χ1v) is 7.95. The number of halogens is 1. The standard InChI is InChI=1S/C15H20BrN3O4/c1-3-9(2)13(14(22)17-8-12(20)21)19-15(23)18-11-6-4-10(16)5-7-11/h4-7,9,13H,3,8H2,1-2H3,(H,17,22)(H,20,21)(H2,18,19,23)/t9-,13-/m0/s1. The Balaban J connectivity index is 2.68. The third kappa shape index (κ3) is 6.68. The van der Waals surface area contributed by atoms with E-state index >= 15 is 0 Å². The fraction of sp³-hybridized carbons (Fsp3) is 0.400. The number of carbonyl (C=O) groups excluding carboxylic acids is 2. The van der Waals surface area contributed by atoms with Gasteiger partial charge in [0.1, 0.15) is 12.6 Å². The first-order chi connectivity index (χ1) is 10.8. The van der Waals surface area contributed by atoms with Crippen LogP contribution in [0.1, 0.15) is 20.3 Å². The molecule has 0 unspecified atom stereocenters. The molecule has 3 amide bonds. The SMILES string of the molecule is CC[C@H](C)[C@H](NC(=O)Nc1ccc(Br)cc1)C(=O)NCC(=O)O. The average Bonchev–Trinajstić information content (AvgIpc) is 2.51. The van der Waals surface area contributed by atoms with Crippen molar-refractivity contribution in [3.63, 3.8) is 0 Å². The van der Waals surface area contributed by atoms with Crippen molar-refractivity contribution in [1.29, 1.82) is 0 Å². The number of hydrogen-bond acceptors (Lipinski definition) is 3. The third-order valence-corrected chi connectivity index (χ3v) is 3.83. The van der Waals surface area contributed by atoms with E-state index in [1.165, 1.54) is 0 Å². The maximum absolute atomic E-state index is 12.1. The number of aliphatic carboxylic acids is 1. The molecule has 0 radical (unpaired) electrons. The van der Waals surface area contributed by atoms with Crippen LogP contribution in [0.5, 0.6) is 0 Å². The zero-order valence-corrected chi connectivity index (χ0v) is 14.5. The van der Waals surface area contributed by atoms with Gasteiger partial charge in [0.2, 0.25) is 5.91 Å². The molecule has 0 aromatic heterocycles. The van der Waals surface area contributed by atoms with Crippen LogP contribution in [0.4, 0.5) is 10.5 Å². The lowest BCUT2D eigenvalue weighted by atomic mass is 9.98. The highest BCUT2D eigenvalue weighted by Crippen LogP contribution is 2.14. The largest absolute Gasteiger partial charge is 0.480 e. The second-order valence-electron chi connectivity index (χ2n) is 5.08. The first kappa shape index (κ1) is 19.0. The zero-order chi connectivity index (χ0) is 17.4. The summed E-state index contributed by atoms with van der Waals surface area (Å²) < 4.78 is 0.883. The van der Waals surface area contributed by atoms with Crippen molar-refractivity contribution in [1.82, 2.24) is 10.6 Å². The molecule has 0 spiro atoms. The van der Waals surface area contributed by atoms with E-state index in [0.29, 0.717) is 12.1 Å². The van der Waals surface area contributed by atoms with Gasteiger partial charge in [-0.3, -0.25) is 9.59 Å². The molecule has 1 aromatic carbocycles. The lowest BCUT2D eigenvalue weighted by Gasteiger charge is -2.23. The smallest absolute Gasteiger partial charge is 0.322 e. The van der Waals surface area contributed by atoms with Gasteiger partial charge in [-0.2, -0.15) is 0 Å². The molecular formula is C15H20BrN3O4. The number of carboxylic acids is 1. The average molecular weight is 386 g/mol. The van der Waals surface area contributed by atoms with Gasteiger partial charge in [0.15, 0.2) is 0 Å². The van der Waals surface area contributed by atoms with Crippen LogP contribution in [0, 0.1) is 5.92 Å². The maximum atomic E-state index is 12.1. The Bertz CT molecular complexity index is 562. The summed E-state index contributed by atoms with van der Waals surface area (Å²) in [7, 11) is 0. The Labute approximate surface area is 143 Å². The van der Waals surface area contributed by atoms with Gasteiger partial charge in [0.25, 0.3) is 0 Å². The minimum atomic E-state index is -1.14. The summed E-state index contributed by atoms with van der Waals surface area (Å²) in [6.45, 7) is 3.21. The zero-order valence-electron chi connectivity index (χ0n) is 12.9. The van der Waals surface area contributed by atoms with Crippen molar-refractivity contribution >= 4 is 39.5 Å². The van der Waals surface area contributed by atoms with E-state index in [9.17, 15) is 14.4 Å². The van der Waals surface area contributed by atoms with Gasteiger partial charge in [-0.15, -0.1) is 0 Å². The number of carboxylic acid groups (broad SMARTS) is 1. The van der Waals surface area contributed by atoms with E-state index in [2.05, 4.69) is 31.9 Å². The Hall–Kier alpha value is -2.09. The Morgan fingerprint density at radius 1 is 1.22 bits per heavy atom. The molecule has 8 heteroatoms. The van der Waals surface area contributed by atoms with Crippen molar-refractivity contribution in [2.24, 2.45) is 5.92 Å². The number of nitrogens with one attached hydrogen (secondary N) is 3. The van der Waals surface area contributed by atoms with Crippen molar-refractivity contribution < 1.29 is 19.5 Å². The molecule has 0 aliphatic carbocycles. The van der Waals surface area contributed by atoms with Gasteiger partial charge in [-0.05, 0) is 30.2 Å². The minimum absolute atomic E-state index is 0.139. The van der Waals surface area contributed by atoms with Gasteiger partial charge in [0, 0.05) is 10.2 Å². The van der Waals surface area contributed by atoms with Crippen molar-refractivity contribution in [2.45, 2.75) is 26.3 Å². The number of anilines is 1. The van der Waals surface area contributed by atoms with Crippen LogP contribution in [-0.2, 0) is 9.59 Å². The quantitative estimate of drug-likeness (QED) is 0.576. The Kier molecular flexibility index (Phi) is 7.53. The van der Waals surface area contributed by atoms with Gasteiger partial charge in [0.05, 0.1) is 0 Å². The second kappa shape index (κ2) is 9.14. The highest BCUT2D eigenvalue weighted by Gasteiger charge is 2.26. The molecule has 0 saturated heterocycles. The van der Waals surface area contributed by atoms with Gasteiger partial charge < -0.3 is 21.1 Å². The molecule has 0 bridgehead atoms. The summed E-state index contributed by atoms with van der Waals surface area (Å²) in [5, 5.41) is 16.1. The summed E-state index contributed by atoms with van der Waals surface area (Å²) in [6, 6.07) is 5.65. The van der Waals surface area contributed by atoms with Crippen LogP contribution >= 0.6 is 15.9 Å². The van der Waals surface area contributed by atoms with Crippen LogP contribution in [0.25, 0.3) is 0 Å². The van der Waals surface area contributed by atoms with Gasteiger partial charge in [-0.25, -0.2) is 4.79 Å². The summed E-state index contributed by atoms with van der Waals surface area (Å²) >= 11 is 3.30. The number of rotatable bonds is 7. The lowest BCUT2D eigenvalue weighted by Crippen LogP contribution is -2.52. The Morgan fingerprint density at radius 2 is 1.83 bits per heavy atom. The normalized spacial score (nSPS) is 12.8. The molecule has 1 rings (SSSR count). The fourth-order valence-corrected chi connectivity index (χ4v) is 2.08. The highest BCUT2D eigenvalue weighted by atomic mass is 79.9. The topological polar surface area (TPSA) is 108 Å². The van der Waals surface area contributed by atoms with Crippen LogP contribution < -0.4 is 16.0 Å². The number of amides is 3. The van der Waals surface area contributed by atoms with E-state index in [1.54, 1.807) is 24.3 Å². The third-order valence-electron chi connectivity index (χ3n) is 3.30. The number of carbonyl (C=O) groups is 3. The highest BCUT2D eigenvalue weighted by molar-refractivity contribution is 9.10. The van der Waals surface area contributed by atoms with Crippen LogP contribution in [0.3, 0.4) is 0 Å². The predicted octanol–water partition coefficient (Wildman–Crippen LogP) is 2.19. The molecule has 2 atom stereocenters. The summed E-state index contributed by atoms with van der Waals surface area (Å²) in [4.78, 5) is 34.6. The molecule has 0 aliphatic heterocycles. The monoisotopic (exact) mass is 385 g/mol. The molecule has 0 heterocycles.